The van der Waals surface area contributed by atoms with E-state index in [2.05, 4.69) is 5.32 Å². The summed E-state index contributed by atoms with van der Waals surface area (Å²) in [6.45, 7) is 1.78. The second kappa shape index (κ2) is 6.33. The van der Waals surface area contributed by atoms with Crippen LogP contribution in [0.4, 0.5) is 10.1 Å². The van der Waals surface area contributed by atoms with Gasteiger partial charge in [0.2, 0.25) is 0 Å². The fraction of sp³-hybridized carbons (Fsp3) is 0.133. The number of rotatable bonds is 3. The summed E-state index contributed by atoms with van der Waals surface area (Å²) >= 11 is 11.9. The van der Waals surface area contributed by atoms with Gasteiger partial charge in [-0.3, -0.25) is 4.79 Å². The molecule has 0 heterocycles. The molecule has 21 heavy (non-hydrogen) atoms. The molecule has 0 saturated carbocycles. The number of halogens is 3. The third-order valence-corrected chi connectivity index (χ3v) is 3.60. The van der Waals surface area contributed by atoms with E-state index in [1.807, 2.05) is 0 Å². The van der Waals surface area contributed by atoms with Crippen molar-refractivity contribution < 1.29 is 9.18 Å². The highest BCUT2D eigenvalue weighted by Crippen LogP contribution is 2.26. The lowest BCUT2D eigenvalue weighted by atomic mass is 10.1. The minimum absolute atomic E-state index is 0.0851. The van der Waals surface area contributed by atoms with Gasteiger partial charge >= 0.3 is 0 Å². The van der Waals surface area contributed by atoms with Crippen molar-refractivity contribution >= 4 is 34.8 Å². The first-order valence-electron chi connectivity index (χ1n) is 6.19. The number of anilines is 1. The van der Waals surface area contributed by atoms with Crippen LogP contribution in [0.2, 0.25) is 10.0 Å². The molecule has 1 unspecified atom stereocenters. The van der Waals surface area contributed by atoms with Gasteiger partial charge < -0.3 is 11.1 Å². The van der Waals surface area contributed by atoms with E-state index in [0.29, 0.717) is 10.0 Å². The van der Waals surface area contributed by atoms with E-state index in [1.165, 1.54) is 12.1 Å². The fourth-order valence-corrected chi connectivity index (χ4v) is 2.52. The Balaban J connectivity index is 2.18. The zero-order chi connectivity index (χ0) is 15.6. The summed E-state index contributed by atoms with van der Waals surface area (Å²) in [4.78, 5) is 12.2. The molecule has 6 heteroatoms. The molecule has 2 aromatic carbocycles. The summed E-state index contributed by atoms with van der Waals surface area (Å²) < 4.78 is 13.0. The summed E-state index contributed by atoms with van der Waals surface area (Å²) in [5, 5.41) is 3.74. The molecule has 3 N–H and O–H groups in total. The van der Waals surface area contributed by atoms with Crippen LogP contribution in [0.1, 0.15) is 28.9 Å². The predicted molar refractivity (Wildman–Crippen MR) is 83.2 cm³/mol. The molecule has 0 spiro atoms. The van der Waals surface area contributed by atoms with E-state index < -0.39 is 11.7 Å². The van der Waals surface area contributed by atoms with Crippen molar-refractivity contribution in [2.24, 2.45) is 0 Å². The number of nitrogens with one attached hydrogen (secondary N) is 1. The number of benzene rings is 2. The Labute approximate surface area is 131 Å². The second-order valence-electron chi connectivity index (χ2n) is 4.59. The molecule has 1 atom stereocenters. The quantitative estimate of drug-likeness (QED) is 0.830. The van der Waals surface area contributed by atoms with Crippen molar-refractivity contribution in [2.45, 2.75) is 13.0 Å². The molecule has 0 aromatic heterocycles. The third kappa shape index (κ3) is 3.65. The summed E-state index contributed by atoms with van der Waals surface area (Å²) in [6, 6.07) is 8.33. The van der Waals surface area contributed by atoms with Gasteiger partial charge in [-0.25, -0.2) is 4.39 Å². The minimum Gasteiger partial charge on any atom is -0.398 e. The van der Waals surface area contributed by atoms with E-state index >= 15 is 0 Å². The summed E-state index contributed by atoms with van der Waals surface area (Å²) in [5.41, 5.74) is 6.67. The van der Waals surface area contributed by atoms with Crippen LogP contribution in [-0.2, 0) is 0 Å². The Bertz CT molecular complexity index is 691. The smallest absolute Gasteiger partial charge is 0.253 e. The van der Waals surface area contributed by atoms with Crippen molar-refractivity contribution in [2.75, 3.05) is 5.73 Å². The van der Waals surface area contributed by atoms with Gasteiger partial charge in [0.05, 0.1) is 11.6 Å². The van der Waals surface area contributed by atoms with Crippen molar-refractivity contribution in [3.63, 3.8) is 0 Å². The first kappa shape index (κ1) is 15.6. The first-order valence-corrected chi connectivity index (χ1v) is 6.95. The van der Waals surface area contributed by atoms with Gasteiger partial charge in [0.1, 0.15) is 5.82 Å². The maximum Gasteiger partial charge on any atom is 0.253 e. The topological polar surface area (TPSA) is 55.1 Å². The van der Waals surface area contributed by atoms with Gasteiger partial charge in [-0.05, 0) is 42.8 Å². The molecule has 0 radical (unpaired) electrons. The molecule has 3 nitrogen and oxygen atoms in total. The number of amides is 1. The molecule has 2 rings (SSSR count). The lowest BCUT2D eigenvalue weighted by molar-refractivity contribution is 0.0941. The van der Waals surface area contributed by atoms with E-state index in [-0.39, 0.29) is 17.3 Å². The molecule has 0 aliphatic rings. The number of carbonyl (C=O) groups is 1. The number of nitrogen functional groups attached to an aromatic ring is 1. The van der Waals surface area contributed by atoms with Crippen LogP contribution in [0.3, 0.4) is 0 Å². The van der Waals surface area contributed by atoms with Crippen molar-refractivity contribution in [3.05, 3.63) is 63.4 Å². The van der Waals surface area contributed by atoms with Crippen molar-refractivity contribution in [1.29, 1.82) is 0 Å². The predicted octanol–water partition coefficient (Wildman–Crippen LogP) is 4.21. The molecule has 0 bridgehead atoms. The van der Waals surface area contributed by atoms with E-state index in [1.54, 1.807) is 25.1 Å². The molecular formula is C15H13Cl2FN2O. The average Bonchev–Trinajstić information content (AvgIpc) is 2.37. The molecule has 0 fully saturated rings. The van der Waals surface area contributed by atoms with Gasteiger partial charge in [-0.2, -0.15) is 0 Å². The molecule has 0 aliphatic heterocycles. The first-order chi connectivity index (χ1) is 9.88. The Morgan fingerprint density at radius 1 is 1.24 bits per heavy atom. The van der Waals surface area contributed by atoms with E-state index in [0.717, 1.165) is 11.6 Å². The van der Waals surface area contributed by atoms with Gasteiger partial charge in [-0.1, -0.05) is 29.3 Å². The summed E-state index contributed by atoms with van der Waals surface area (Å²) in [6.07, 6.45) is 0. The van der Waals surface area contributed by atoms with E-state index in [4.69, 9.17) is 28.9 Å². The zero-order valence-corrected chi connectivity index (χ0v) is 12.7. The Morgan fingerprint density at radius 3 is 2.57 bits per heavy atom. The van der Waals surface area contributed by atoms with Crippen LogP contribution in [0.25, 0.3) is 0 Å². The number of hydrogen-bond donors (Lipinski definition) is 2. The maximum atomic E-state index is 13.0. The number of nitrogens with two attached hydrogens (primary N) is 1. The second-order valence-corrected chi connectivity index (χ2v) is 5.44. The summed E-state index contributed by atoms with van der Waals surface area (Å²) in [7, 11) is 0. The van der Waals surface area contributed by atoms with Crippen LogP contribution in [0, 0.1) is 5.82 Å². The van der Waals surface area contributed by atoms with Crippen LogP contribution in [-0.4, -0.2) is 5.91 Å². The number of hydrogen-bond acceptors (Lipinski definition) is 2. The van der Waals surface area contributed by atoms with Crippen LogP contribution < -0.4 is 11.1 Å². The maximum absolute atomic E-state index is 13.0. The Hall–Kier alpha value is -1.78. The lowest BCUT2D eigenvalue weighted by Crippen LogP contribution is -2.27. The Kier molecular flexibility index (Phi) is 4.70. The zero-order valence-electron chi connectivity index (χ0n) is 11.2. The normalized spacial score (nSPS) is 12.0. The Morgan fingerprint density at radius 2 is 1.95 bits per heavy atom. The number of carbonyl (C=O) groups excluding carboxylic acids is 1. The standard InChI is InChI=1S/C15H13Cl2FN2O/c1-8(11-4-2-9(16)6-13(11)17)20-15(21)12-5-3-10(18)7-14(12)19/h2-8H,19H2,1H3,(H,20,21). The van der Waals surface area contributed by atoms with Crippen LogP contribution in [0.15, 0.2) is 36.4 Å². The van der Waals surface area contributed by atoms with E-state index in [9.17, 15) is 9.18 Å². The largest absolute Gasteiger partial charge is 0.398 e. The molecule has 110 valence electrons. The molecule has 1 amide bonds. The summed E-state index contributed by atoms with van der Waals surface area (Å²) in [5.74, 6) is -0.885. The van der Waals surface area contributed by atoms with Gasteiger partial charge in [-0.15, -0.1) is 0 Å². The molecule has 2 aromatic rings. The average molecular weight is 327 g/mol. The third-order valence-electron chi connectivity index (χ3n) is 3.03. The van der Waals surface area contributed by atoms with Gasteiger partial charge in [0.25, 0.3) is 5.91 Å². The van der Waals surface area contributed by atoms with Crippen LogP contribution >= 0.6 is 23.2 Å². The van der Waals surface area contributed by atoms with Crippen molar-refractivity contribution in [3.8, 4) is 0 Å². The van der Waals surface area contributed by atoms with Crippen LogP contribution in [0.5, 0.6) is 0 Å². The fourth-order valence-electron chi connectivity index (χ4n) is 1.95. The molecular weight excluding hydrogens is 314 g/mol. The molecule has 0 aliphatic carbocycles. The van der Waals surface area contributed by atoms with Crippen molar-refractivity contribution in [1.82, 2.24) is 5.32 Å². The highest BCUT2D eigenvalue weighted by atomic mass is 35.5. The lowest BCUT2D eigenvalue weighted by Gasteiger charge is -2.16. The monoisotopic (exact) mass is 326 g/mol. The SMILES string of the molecule is CC(NC(=O)c1ccc(F)cc1N)c1ccc(Cl)cc1Cl. The highest BCUT2D eigenvalue weighted by Gasteiger charge is 2.16. The highest BCUT2D eigenvalue weighted by molar-refractivity contribution is 6.35. The molecule has 0 saturated heterocycles. The van der Waals surface area contributed by atoms with Gasteiger partial charge in [0.15, 0.2) is 0 Å². The van der Waals surface area contributed by atoms with Gasteiger partial charge in [0, 0.05) is 15.7 Å². The minimum atomic E-state index is -0.488.